The lowest BCUT2D eigenvalue weighted by Gasteiger charge is -2.29. The number of fused-ring (bicyclic) bond motifs is 2. The van der Waals surface area contributed by atoms with Gasteiger partial charge in [-0.15, -0.1) is 0 Å². The number of amides is 1. The van der Waals surface area contributed by atoms with Crippen LogP contribution in [0.3, 0.4) is 0 Å². The Labute approximate surface area is 140 Å². The number of anilines is 1. The van der Waals surface area contributed by atoms with Crippen molar-refractivity contribution in [3.05, 3.63) is 42.0 Å². The minimum Gasteiger partial charge on any atom is -0.493 e. The molecule has 2 atom stereocenters. The van der Waals surface area contributed by atoms with Gasteiger partial charge >= 0.3 is 6.09 Å². The summed E-state index contributed by atoms with van der Waals surface area (Å²) >= 11 is 0. The number of benzene rings is 1. The molecule has 1 fully saturated rings. The van der Waals surface area contributed by atoms with Gasteiger partial charge in [0.05, 0.1) is 25.7 Å². The summed E-state index contributed by atoms with van der Waals surface area (Å²) in [6, 6.07) is 5.98. The van der Waals surface area contributed by atoms with Crippen LogP contribution in [0, 0.1) is 0 Å². The van der Waals surface area contributed by atoms with Crippen molar-refractivity contribution in [3.8, 4) is 5.75 Å². The second kappa shape index (κ2) is 5.54. The highest BCUT2D eigenvalue weighted by Gasteiger charge is 2.59. The summed E-state index contributed by atoms with van der Waals surface area (Å²) < 4.78 is 10.7. The molecule has 1 saturated carbocycles. The molecule has 6 nitrogen and oxygen atoms in total. The van der Waals surface area contributed by atoms with Gasteiger partial charge in [0.15, 0.2) is 0 Å². The lowest BCUT2D eigenvalue weighted by molar-refractivity contribution is 0.179. The van der Waals surface area contributed by atoms with E-state index in [-0.39, 0.29) is 11.5 Å². The predicted molar refractivity (Wildman–Crippen MR) is 89.6 cm³/mol. The van der Waals surface area contributed by atoms with Crippen LogP contribution in [0.4, 0.5) is 10.5 Å². The molecule has 1 spiro atoms. The summed E-state index contributed by atoms with van der Waals surface area (Å²) in [6.45, 7) is 3.22. The highest BCUT2D eigenvalue weighted by Crippen LogP contribution is 2.65. The second-order valence-electron chi connectivity index (χ2n) is 6.40. The molecule has 1 aromatic heterocycles. The van der Waals surface area contributed by atoms with E-state index in [1.807, 2.05) is 25.3 Å². The molecule has 1 aliphatic carbocycles. The predicted octanol–water partition coefficient (Wildman–Crippen LogP) is 3.21. The first-order chi connectivity index (χ1) is 11.7. The van der Waals surface area contributed by atoms with Gasteiger partial charge in [0.25, 0.3) is 0 Å². The van der Waals surface area contributed by atoms with E-state index in [9.17, 15) is 4.79 Å². The van der Waals surface area contributed by atoms with Crippen LogP contribution < -0.4 is 9.64 Å². The summed E-state index contributed by atoms with van der Waals surface area (Å²) in [5, 5.41) is 0. The van der Waals surface area contributed by atoms with E-state index in [0.717, 1.165) is 36.6 Å². The smallest absolute Gasteiger partial charge is 0.413 e. The fourth-order valence-corrected chi connectivity index (χ4v) is 3.94. The number of ether oxygens (including phenoxy) is 2. The Balaban J connectivity index is 1.72. The summed E-state index contributed by atoms with van der Waals surface area (Å²) in [7, 11) is 1.41. The van der Waals surface area contributed by atoms with E-state index in [1.54, 1.807) is 11.2 Å². The minimum absolute atomic E-state index is 0.0777. The highest BCUT2D eigenvalue weighted by atomic mass is 16.5. The lowest BCUT2D eigenvalue weighted by atomic mass is 9.86. The number of rotatable bonds is 3. The van der Waals surface area contributed by atoms with Crippen molar-refractivity contribution in [1.82, 2.24) is 9.97 Å². The van der Waals surface area contributed by atoms with E-state index in [4.69, 9.17) is 9.47 Å². The van der Waals surface area contributed by atoms with Gasteiger partial charge < -0.3 is 14.5 Å². The molecule has 2 aliphatic rings. The van der Waals surface area contributed by atoms with Crippen molar-refractivity contribution in [2.45, 2.75) is 31.1 Å². The van der Waals surface area contributed by atoms with Crippen LogP contribution in [0.2, 0.25) is 0 Å². The molecule has 1 N–H and O–H groups in total. The molecule has 2 aromatic rings. The number of methoxy groups -OCH3 is 1. The maximum absolute atomic E-state index is 12.0. The number of hydrogen-bond donors (Lipinski definition) is 1. The van der Waals surface area contributed by atoms with Gasteiger partial charge in [0.1, 0.15) is 5.75 Å². The molecule has 0 saturated heterocycles. The van der Waals surface area contributed by atoms with Crippen molar-refractivity contribution in [1.29, 1.82) is 0 Å². The fourth-order valence-electron chi connectivity index (χ4n) is 3.94. The molecular formula is C18H21N3O3. The van der Waals surface area contributed by atoms with E-state index >= 15 is 0 Å². The Kier molecular flexibility index (Phi) is 3.48. The maximum Gasteiger partial charge on any atom is 0.413 e. The number of H-pyrrole nitrogens is 1. The van der Waals surface area contributed by atoms with Crippen LogP contribution in [0.25, 0.3) is 0 Å². The van der Waals surface area contributed by atoms with Crippen LogP contribution in [0.1, 0.15) is 36.9 Å². The molecule has 2 heterocycles. The number of aromatic amines is 1. The second-order valence-corrected chi connectivity index (χ2v) is 6.40. The first kappa shape index (κ1) is 15.1. The average Bonchev–Trinajstić information content (AvgIpc) is 3.07. The third-order valence-corrected chi connectivity index (χ3v) is 5.28. The van der Waals surface area contributed by atoms with E-state index in [1.165, 1.54) is 12.7 Å². The molecule has 1 amide bonds. The van der Waals surface area contributed by atoms with Crippen molar-refractivity contribution in [2.24, 2.45) is 0 Å². The highest BCUT2D eigenvalue weighted by molar-refractivity contribution is 5.88. The number of carbonyl (C=O) groups is 1. The fraction of sp³-hybridized carbons (Fsp3) is 0.444. The number of hydrogen-bond acceptors (Lipinski definition) is 4. The maximum atomic E-state index is 12.0. The zero-order chi connectivity index (χ0) is 16.7. The zero-order valence-electron chi connectivity index (χ0n) is 13.9. The van der Waals surface area contributed by atoms with Gasteiger partial charge in [-0.25, -0.2) is 9.78 Å². The monoisotopic (exact) mass is 327 g/mol. The molecule has 126 valence electrons. The quantitative estimate of drug-likeness (QED) is 0.940. The molecule has 6 heteroatoms. The first-order valence-electron chi connectivity index (χ1n) is 8.31. The molecule has 1 aromatic carbocycles. The van der Waals surface area contributed by atoms with Crippen molar-refractivity contribution >= 4 is 11.8 Å². The van der Waals surface area contributed by atoms with Crippen LogP contribution >= 0.6 is 0 Å². The summed E-state index contributed by atoms with van der Waals surface area (Å²) in [5.41, 5.74) is 3.21. The zero-order valence-corrected chi connectivity index (χ0v) is 13.9. The Morgan fingerprint density at radius 3 is 3.12 bits per heavy atom. The normalized spacial score (nSPS) is 24.2. The molecule has 24 heavy (non-hydrogen) atoms. The van der Waals surface area contributed by atoms with Crippen molar-refractivity contribution in [2.75, 3.05) is 25.2 Å². The van der Waals surface area contributed by atoms with Crippen LogP contribution in [-0.4, -0.2) is 36.3 Å². The largest absolute Gasteiger partial charge is 0.493 e. The molecule has 0 bridgehead atoms. The number of imidazole rings is 1. The van der Waals surface area contributed by atoms with Gasteiger partial charge in [-0.3, -0.25) is 4.90 Å². The van der Waals surface area contributed by atoms with Crippen LogP contribution in [0.15, 0.2) is 30.7 Å². The number of aromatic nitrogens is 2. The van der Waals surface area contributed by atoms with Crippen molar-refractivity contribution < 1.29 is 14.3 Å². The number of nitrogens with zero attached hydrogens (tertiary/aromatic N) is 2. The SMILES string of the molecule is CCN(C(=O)OC)c1ccc2c(c1)C1(CCO2)CC1c1c[nH]cn1. The number of carbonyl (C=O) groups excluding carboxylic acids is 1. The van der Waals surface area contributed by atoms with E-state index in [2.05, 4.69) is 16.0 Å². The Morgan fingerprint density at radius 2 is 2.42 bits per heavy atom. The molecule has 4 rings (SSSR count). The van der Waals surface area contributed by atoms with Crippen LogP contribution in [0.5, 0.6) is 5.75 Å². The first-order valence-corrected chi connectivity index (χ1v) is 8.31. The van der Waals surface area contributed by atoms with Crippen LogP contribution in [-0.2, 0) is 10.2 Å². The summed E-state index contributed by atoms with van der Waals surface area (Å²) in [5.74, 6) is 1.33. The van der Waals surface area contributed by atoms with Crippen molar-refractivity contribution in [3.63, 3.8) is 0 Å². The molecule has 1 aliphatic heterocycles. The van der Waals surface area contributed by atoms with Gasteiger partial charge in [0, 0.05) is 35.3 Å². The Morgan fingerprint density at radius 1 is 1.54 bits per heavy atom. The van der Waals surface area contributed by atoms with Gasteiger partial charge in [-0.1, -0.05) is 0 Å². The average molecular weight is 327 g/mol. The molecule has 2 unspecified atom stereocenters. The topological polar surface area (TPSA) is 67.5 Å². The van der Waals surface area contributed by atoms with Gasteiger partial charge in [-0.2, -0.15) is 0 Å². The third-order valence-electron chi connectivity index (χ3n) is 5.28. The minimum atomic E-state index is -0.345. The molecule has 0 radical (unpaired) electrons. The summed E-state index contributed by atoms with van der Waals surface area (Å²) in [4.78, 5) is 21.1. The van der Waals surface area contributed by atoms with Gasteiger partial charge in [-0.05, 0) is 38.0 Å². The Hall–Kier alpha value is -2.50. The van der Waals surface area contributed by atoms with E-state index < -0.39 is 0 Å². The van der Waals surface area contributed by atoms with Gasteiger partial charge in [0.2, 0.25) is 0 Å². The third kappa shape index (κ3) is 2.17. The Bertz CT molecular complexity index is 759. The summed E-state index contributed by atoms with van der Waals surface area (Å²) in [6.07, 6.45) is 5.41. The molecular weight excluding hydrogens is 306 g/mol. The lowest BCUT2D eigenvalue weighted by Crippen LogP contribution is -2.31. The van der Waals surface area contributed by atoms with E-state index in [0.29, 0.717) is 12.5 Å². The standard InChI is InChI=1S/C18H21N3O3/c1-3-21(17(22)23-2)12-4-5-16-13(8-12)18(6-7-24-16)9-14(18)15-10-19-11-20-15/h4-5,8,10-11,14H,3,6-7,9H2,1-2H3,(H,19,20). The number of nitrogens with one attached hydrogen (secondary N) is 1.